The van der Waals surface area contributed by atoms with E-state index in [4.69, 9.17) is 4.74 Å². The van der Waals surface area contributed by atoms with E-state index >= 15 is 0 Å². The molecule has 0 amide bonds. The maximum atomic E-state index is 11.0. The van der Waals surface area contributed by atoms with Crippen LogP contribution in [0.2, 0.25) is 0 Å². The standard InChI is InChI=1S/C9H10O2.2ClH/c1-2-11-9(10)8-6-4-3-5-7-8;;/h3-7H,2H2,1H3;2*1H. The van der Waals surface area contributed by atoms with E-state index in [1.165, 1.54) is 0 Å². The Morgan fingerprint density at radius 3 is 2.23 bits per heavy atom. The number of hydrogen-bond acceptors (Lipinski definition) is 2. The lowest BCUT2D eigenvalue weighted by Gasteiger charge is -1.99. The Bertz CT molecular complexity index is 237. The van der Waals surface area contributed by atoms with Gasteiger partial charge in [0.2, 0.25) is 0 Å². The number of esters is 1. The van der Waals surface area contributed by atoms with Gasteiger partial charge in [-0.05, 0) is 19.1 Å². The molecule has 0 spiro atoms. The summed E-state index contributed by atoms with van der Waals surface area (Å²) in [6, 6.07) is 8.96. The van der Waals surface area contributed by atoms with Crippen LogP contribution in [0.1, 0.15) is 17.3 Å². The molecule has 2 nitrogen and oxygen atoms in total. The molecule has 0 aliphatic carbocycles. The van der Waals surface area contributed by atoms with Crippen molar-refractivity contribution in [3.8, 4) is 0 Å². The summed E-state index contributed by atoms with van der Waals surface area (Å²) in [6.45, 7) is 2.22. The van der Waals surface area contributed by atoms with E-state index in [2.05, 4.69) is 0 Å². The van der Waals surface area contributed by atoms with Crippen LogP contribution >= 0.6 is 24.8 Å². The molecule has 0 heterocycles. The van der Waals surface area contributed by atoms with Crippen LogP contribution in [0.5, 0.6) is 0 Å². The summed E-state index contributed by atoms with van der Waals surface area (Å²) < 4.78 is 4.79. The molecule has 4 heteroatoms. The topological polar surface area (TPSA) is 26.3 Å². The smallest absolute Gasteiger partial charge is 0.338 e. The van der Waals surface area contributed by atoms with Crippen LogP contribution in [0.3, 0.4) is 0 Å². The van der Waals surface area contributed by atoms with Gasteiger partial charge in [0.05, 0.1) is 12.2 Å². The summed E-state index contributed by atoms with van der Waals surface area (Å²) in [5.41, 5.74) is 0.606. The predicted molar refractivity (Wildman–Crippen MR) is 56.9 cm³/mol. The van der Waals surface area contributed by atoms with Crippen molar-refractivity contribution in [2.45, 2.75) is 6.92 Å². The number of ether oxygens (including phenoxy) is 1. The SMILES string of the molecule is CCOC(=O)c1ccccc1.Cl.Cl. The number of carbonyl (C=O) groups is 1. The van der Waals surface area contributed by atoms with E-state index in [9.17, 15) is 4.79 Å². The average Bonchev–Trinajstić information content (AvgIpc) is 2.07. The van der Waals surface area contributed by atoms with Crippen molar-refractivity contribution >= 4 is 30.8 Å². The van der Waals surface area contributed by atoms with E-state index in [0.717, 1.165) is 0 Å². The average molecular weight is 223 g/mol. The molecule has 74 valence electrons. The number of halogens is 2. The second-order valence-corrected chi connectivity index (χ2v) is 2.09. The minimum atomic E-state index is -0.256. The number of hydrogen-bond donors (Lipinski definition) is 0. The van der Waals surface area contributed by atoms with Gasteiger partial charge in [-0.15, -0.1) is 24.8 Å². The summed E-state index contributed by atoms with van der Waals surface area (Å²) in [6.07, 6.45) is 0. The first-order chi connectivity index (χ1) is 5.34. The molecule has 0 radical (unpaired) electrons. The van der Waals surface area contributed by atoms with Crippen LogP contribution in [-0.2, 0) is 4.74 Å². The molecule has 1 aromatic carbocycles. The van der Waals surface area contributed by atoms with Crippen LogP contribution in [-0.4, -0.2) is 12.6 Å². The van der Waals surface area contributed by atoms with Crippen molar-refractivity contribution in [2.75, 3.05) is 6.61 Å². The van der Waals surface area contributed by atoms with E-state index in [1.807, 2.05) is 18.2 Å². The third kappa shape index (κ3) is 4.76. The Morgan fingerprint density at radius 2 is 1.77 bits per heavy atom. The lowest BCUT2D eigenvalue weighted by atomic mass is 10.2. The quantitative estimate of drug-likeness (QED) is 0.720. The fourth-order valence-electron chi connectivity index (χ4n) is 0.789. The molecule has 0 unspecified atom stereocenters. The molecule has 0 saturated heterocycles. The lowest BCUT2D eigenvalue weighted by molar-refractivity contribution is 0.0526. The van der Waals surface area contributed by atoms with Gasteiger partial charge in [0, 0.05) is 0 Å². The summed E-state index contributed by atoms with van der Waals surface area (Å²) in [5, 5.41) is 0. The van der Waals surface area contributed by atoms with Crippen LogP contribution < -0.4 is 0 Å². The maximum Gasteiger partial charge on any atom is 0.338 e. The third-order valence-corrected chi connectivity index (χ3v) is 1.28. The molecule has 0 aliphatic heterocycles. The molecule has 13 heavy (non-hydrogen) atoms. The Kier molecular flexibility index (Phi) is 8.97. The number of carbonyl (C=O) groups excluding carboxylic acids is 1. The van der Waals surface area contributed by atoms with Gasteiger partial charge >= 0.3 is 5.97 Å². The first-order valence-electron chi connectivity index (χ1n) is 3.56. The molecule has 0 saturated carbocycles. The molecular formula is C9H12Cl2O2. The minimum absolute atomic E-state index is 0. The van der Waals surface area contributed by atoms with Gasteiger partial charge in [0.25, 0.3) is 0 Å². The molecular weight excluding hydrogens is 211 g/mol. The van der Waals surface area contributed by atoms with Gasteiger partial charge in [-0.1, -0.05) is 18.2 Å². The van der Waals surface area contributed by atoms with Gasteiger partial charge in [-0.2, -0.15) is 0 Å². The highest BCUT2D eigenvalue weighted by Crippen LogP contribution is 1.99. The monoisotopic (exact) mass is 222 g/mol. The van der Waals surface area contributed by atoms with Gasteiger partial charge < -0.3 is 4.74 Å². The van der Waals surface area contributed by atoms with Crippen molar-refractivity contribution < 1.29 is 9.53 Å². The zero-order valence-corrected chi connectivity index (χ0v) is 8.86. The molecule has 0 bridgehead atoms. The second-order valence-electron chi connectivity index (χ2n) is 2.09. The molecule has 1 rings (SSSR count). The summed E-state index contributed by atoms with van der Waals surface area (Å²) >= 11 is 0. The number of benzene rings is 1. The fraction of sp³-hybridized carbons (Fsp3) is 0.222. The van der Waals surface area contributed by atoms with Crippen LogP contribution in [0.15, 0.2) is 30.3 Å². The largest absolute Gasteiger partial charge is 0.462 e. The van der Waals surface area contributed by atoms with Crippen LogP contribution in [0.4, 0.5) is 0 Å². The molecule has 0 atom stereocenters. The van der Waals surface area contributed by atoms with Crippen molar-refractivity contribution in [3.63, 3.8) is 0 Å². The van der Waals surface area contributed by atoms with Crippen molar-refractivity contribution in [1.29, 1.82) is 0 Å². The van der Waals surface area contributed by atoms with Gasteiger partial charge in [-0.3, -0.25) is 0 Å². The third-order valence-electron chi connectivity index (χ3n) is 1.28. The van der Waals surface area contributed by atoms with Gasteiger partial charge in [-0.25, -0.2) is 4.79 Å². The summed E-state index contributed by atoms with van der Waals surface area (Å²) in [7, 11) is 0. The second kappa shape index (κ2) is 7.90. The van der Waals surface area contributed by atoms with Crippen molar-refractivity contribution in [3.05, 3.63) is 35.9 Å². The van der Waals surface area contributed by atoms with E-state index in [0.29, 0.717) is 12.2 Å². The summed E-state index contributed by atoms with van der Waals surface area (Å²) in [5.74, 6) is -0.256. The van der Waals surface area contributed by atoms with Crippen LogP contribution in [0, 0.1) is 0 Å². The Labute approximate surface area is 90.1 Å². The van der Waals surface area contributed by atoms with Crippen molar-refractivity contribution in [2.24, 2.45) is 0 Å². The normalized spacial score (nSPS) is 7.77. The van der Waals surface area contributed by atoms with E-state index in [1.54, 1.807) is 19.1 Å². The number of rotatable bonds is 2. The van der Waals surface area contributed by atoms with Crippen molar-refractivity contribution in [1.82, 2.24) is 0 Å². The first-order valence-corrected chi connectivity index (χ1v) is 3.56. The highest BCUT2D eigenvalue weighted by atomic mass is 35.5. The van der Waals surface area contributed by atoms with Gasteiger partial charge in [0.1, 0.15) is 0 Å². The Balaban J connectivity index is 0. The minimum Gasteiger partial charge on any atom is -0.462 e. The predicted octanol–water partition coefficient (Wildman–Crippen LogP) is 2.71. The fourth-order valence-corrected chi connectivity index (χ4v) is 0.789. The highest BCUT2D eigenvalue weighted by molar-refractivity contribution is 5.89. The van der Waals surface area contributed by atoms with Crippen LogP contribution in [0.25, 0.3) is 0 Å². The zero-order chi connectivity index (χ0) is 8.10. The Morgan fingerprint density at radius 1 is 1.23 bits per heavy atom. The molecule has 1 aromatic rings. The van der Waals surface area contributed by atoms with Gasteiger partial charge in [0.15, 0.2) is 0 Å². The Hall–Kier alpha value is -0.730. The molecule has 0 aliphatic rings. The molecule has 0 N–H and O–H groups in total. The first kappa shape index (κ1) is 14.8. The summed E-state index contributed by atoms with van der Waals surface area (Å²) in [4.78, 5) is 11.0. The lowest BCUT2D eigenvalue weighted by Crippen LogP contribution is -2.03. The highest BCUT2D eigenvalue weighted by Gasteiger charge is 2.02. The zero-order valence-electron chi connectivity index (χ0n) is 7.23. The molecule has 0 fully saturated rings. The van der Waals surface area contributed by atoms with E-state index in [-0.39, 0.29) is 30.8 Å². The van der Waals surface area contributed by atoms with E-state index < -0.39 is 0 Å². The maximum absolute atomic E-state index is 11.0. The molecule has 0 aromatic heterocycles.